The van der Waals surface area contributed by atoms with Crippen LogP contribution < -0.4 is 62.4 Å². The molecule has 0 radical (unpaired) electrons. The van der Waals surface area contributed by atoms with Crippen LogP contribution in [-0.4, -0.2) is 200 Å². The van der Waals surface area contributed by atoms with Crippen LogP contribution in [0.25, 0.3) is 11.2 Å². The highest BCUT2D eigenvalue weighted by Gasteiger charge is 2.49. The molecular weight excluding hydrogens is 1660 g/mol. The molecule has 0 bridgehead atoms. The second-order valence-electron chi connectivity index (χ2n) is 25.4. The number of ether oxygens (including phenoxy) is 7. The van der Waals surface area contributed by atoms with E-state index in [9.17, 15) is 53.0 Å². The van der Waals surface area contributed by atoms with Crippen LogP contribution in [0.4, 0.5) is 17.6 Å². The van der Waals surface area contributed by atoms with E-state index in [0.29, 0.717) is 19.6 Å². The number of hydrogen-bond donors (Lipinski definition) is 11. The third-order valence-corrected chi connectivity index (χ3v) is 25.4. The Morgan fingerprint density at radius 3 is 1.63 bits per heavy atom. The normalized spacial score (nSPS) is 28.2. The molecule has 11 rings (SSSR count). The number of fused-ring (bicyclic) bond motifs is 1. The molecule has 14 N–H and O–H groups in total. The van der Waals surface area contributed by atoms with Gasteiger partial charge in [-0.05, 0) is 88.7 Å². The molecular formula is C56H79BrN16O27P4S4. The SMILES string of the molecule is Cc1cn([C@H]2C[C@@H](OP(=S)(OCCOCCOCCN)OCC3O[C@@H](n4ccc(N)nc4=O)C[C@H]3C(C)C)C(COP(O)(=S)O[C@@H]3C[C@H](n4cnc5c(=O)[nH]c(N)nc54)OC3COP(=O)(S)O[C@@H]3C[C@H](n4ccc(N)nc4=O)OC3COP(O)(=S)O[C@@H]3C[C@H](n4cc(Br)c(=O)[nH]c4=O)OC3CO)O2)c(=O)[nH]c1=O. The number of imidazole rings is 1. The van der Waals surface area contributed by atoms with Crippen molar-refractivity contribution in [1.29, 1.82) is 0 Å². The number of aromatic amines is 3. The van der Waals surface area contributed by atoms with E-state index in [-0.39, 0.29) is 109 Å². The van der Waals surface area contributed by atoms with Crippen LogP contribution in [-0.2, 0) is 114 Å². The van der Waals surface area contributed by atoms with Crippen LogP contribution in [0, 0.1) is 18.8 Å². The van der Waals surface area contributed by atoms with Gasteiger partial charge in [0, 0.05) is 62.6 Å². The maximum atomic E-state index is 14.7. The number of rotatable bonds is 36. The van der Waals surface area contributed by atoms with Crippen LogP contribution in [0.2, 0.25) is 0 Å². The van der Waals surface area contributed by atoms with Gasteiger partial charge in [-0.1, -0.05) is 26.1 Å². The molecule has 0 aromatic carbocycles. The molecule has 6 aromatic heterocycles. The first-order chi connectivity index (χ1) is 51.2. The lowest BCUT2D eigenvalue weighted by molar-refractivity contribution is -0.0563. The Morgan fingerprint density at radius 1 is 0.593 bits per heavy atom. The van der Waals surface area contributed by atoms with Gasteiger partial charge >= 0.3 is 49.7 Å². The highest BCUT2D eigenvalue weighted by molar-refractivity contribution is 9.10. The van der Waals surface area contributed by atoms with Gasteiger partial charge in [0.15, 0.2) is 11.2 Å². The minimum absolute atomic E-state index is 0.00941. The molecule has 5 aliphatic rings. The molecule has 43 nitrogen and oxygen atoms in total. The Bertz CT molecular complexity index is 4850. The van der Waals surface area contributed by atoms with Crippen molar-refractivity contribution < 1.29 is 93.3 Å². The topological polar surface area (TPSA) is 573 Å². The molecule has 596 valence electrons. The summed E-state index contributed by atoms with van der Waals surface area (Å²) in [5.41, 5.74) is 17.8. The van der Waals surface area contributed by atoms with Crippen molar-refractivity contribution >= 4 is 119 Å². The predicted molar refractivity (Wildman–Crippen MR) is 395 cm³/mol. The fourth-order valence-corrected chi connectivity index (χ4v) is 19.3. The molecule has 0 aliphatic carbocycles. The van der Waals surface area contributed by atoms with Crippen molar-refractivity contribution in [3.8, 4) is 0 Å². The number of thiol groups is 1. The zero-order valence-corrected chi connectivity index (χ0v) is 65.9. The van der Waals surface area contributed by atoms with E-state index in [1.807, 2.05) is 13.8 Å². The average Bonchev–Trinajstić information content (AvgIpc) is 1.62. The number of aliphatic hydroxyl groups excluding tert-OH is 1. The number of nitrogens with one attached hydrogen (secondary N) is 3. The first kappa shape index (κ1) is 84.0. The summed E-state index contributed by atoms with van der Waals surface area (Å²) in [6.07, 6.45) is -10.8. The molecule has 52 heteroatoms. The molecule has 5 saturated heterocycles. The lowest BCUT2D eigenvalue weighted by Gasteiger charge is -2.30. The van der Waals surface area contributed by atoms with E-state index in [2.05, 4.69) is 63.1 Å². The molecule has 5 aliphatic heterocycles. The Kier molecular flexibility index (Phi) is 28.0. The minimum atomic E-state index is -4.73. The molecule has 0 amide bonds. The van der Waals surface area contributed by atoms with E-state index in [4.69, 9.17) is 132 Å². The van der Waals surface area contributed by atoms with Gasteiger partial charge in [0.05, 0.1) is 101 Å². The standard InChI is InChI=1S/C56H79BrN16O27P4S4/c1-27(2)29-14-42(69-7-4-40(59)63-53(69)78)93-36(29)22-91-104(108,87-13-12-86-11-10-85-9-6-58)100-34-18-44(71-19-28(3)49(75)67-55(71)80)95-39(34)25-90-103(84,107)99-33-17-46(73-26-62-47-48(73)65-52(61)66-51(47)77)96-38(33)24-89-102(83,106)98-32-16-43(70-8-5-41(60)64-54(70)79)94-37(32)23-88-101(82,105)97-31-15-45(92-35(31)21-74)72-20-30(57)50(76)68-56(72)81/h4-5,7-8,19-20,26-27,29,31-39,42-46,74H,6,9-18,21-25,58H2,1-3H3,(H,82,105)(H,83,106)(H,84,107)(H2,59,63,78)(H2,60,64,79)(H,67,75,80)(H,68,76,81)(H3,61,65,66,77)/t29-,31+,32+,33+,34+,35?,36?,37?,38?,39?,42+,43+,44+,45+,46+,101?,102?,103?,104?/m0/s1. The first-order valence-corrected chi connectivity index (χ1v) is 44.4. The number of aryl methyl sites for hydroxylation is 1. The van der Waals surface area contributed by atoms with E-state index in [0.717, 1.165) is 13.7 Å². The summed E-state index contributed by atoms with van der Waals surface area (Å²) >= 11 is 24.6. The van der Waals surface area contributed by atoms with Crippen LogP contribution >= 0.6 is 55.1 Å². The number of nitrogens with zero attached hydrogens (tertiary/aromatic N) is 9. The van der Waals surface area contributed by atoms with Crippen molar-refractivity contribution in [1.82, 2.24) is 57.7 Å². The van der Waals surface area contributed by atoms with Gasteiger partial charge in [-0.3, -0.25) is 61.2 Å². The summed E-state index contributed by atoms with van der Waals surface area (Å²) in [7, 11) is 0. The fraction of sp³-hybridized carbons (Fsp3) is 0.625. The summed E-state index contributed by atoms with van der Waals surface area (Å²) in [4.78, 5) is 137. The number of hydrogen-bond acceptors (Lipinski definition) is 36. The number of aliphatic hydroxyl groups is 1. The minimum Gasteiger partial charge on any atom is -0.394 e. The summed E-state index contributed by atoms with van der Waals surface area (Å²) in [6, 6.07) is 2.78. The molecule has 5 fully saturated rings. The van der Waals surface area contributed by atoms with E-state index >= 15 is 0 Å². The summed E-state index contributed by atoms with van der Waals surface area (Å²) in [5, 5.41) is 10.2. The smallest absolute Gasteiger partial charge is 0.386 e. The van der Waals surface area contributed by atoms with E-state index < -0.39 is 179 Å². The number of nitrogen functional groups attached to an aromatic ring is 3. The molecule has 6 aromatic rings. The van der Waals surface area contributed by atoms with E-state index in [1.54, 1.807) is 0 Å². The Morgan fingerprint density at radius 2 is 1.06 bits per heavy atom. The van der Waals surface area contributed by atoms with Gasteiger partial charge < -0.3 is 103 Å². The third-order valence-electron chi connectivity index (χ3n) is 17.6. The number of aromatic nitrogens is 12. The zero-order chi connectivity index (χ0) is 77.7. The lowest BCUT2D eigenvalue weighted by atomic mass is 9.89. The fourth-order valence-electron chi connectivity index (χ4n) is 12.4. The maximum Gasteiger partial charge on any atom is 0.386 e. The zero-order valence-electron chi connectivity index (χ0n) is 57.4. The van der Waals surface area contributed by atoms with Crippen molar-refractivity contribution in [2.24, 2.45) is 17.6 Å². The monoisotopic (exact) mass is 1740 g/mol. The molecule has 0 spiro atoms. The number of anilines is 3. The molecule has 9 unspecified atom stereocenters. The summed E-state index contributed by atoms with van der Waals surface area (Å²) < 4.78 is 118. The number of halogens is 1. The summed E-state index contributed by atoms with van der Waals surface area (Å²) in [6.45, 7) is -14.6. The van der Waals surface area contributed by atoms with Crippen LogP contribution in [0.15, 0.2) is 81.3 Å². The van der Waals surface area contributed by atoms with E-state index in [1.165, 1.54) is 59.3 Å². The predicted octanol–water partition coefficient (Wildman–Crippen LogP) is 0.565. The first-order valence-electron chi connectivity index (χ1n) is 33.2. The highest BCUT2D eigenvalue weighted by Crippen LogP contribution is 2.59. The molecule has 0 saturated carbocycles. The van der Waals surface area contributed by atoms with Gasteiger partial charge in [-0.2, -0.15) is 15.0 Å². The second kappa shape index (κ2) is 36.1. The Labute approximate surface area is 639 Å². The molecule has 19 atom stereocenters. The van der Waals surface area contributed by atoms with Crippen molar-refractivity contribution in [2.45, 2.75) is 139 Å². The van der Waals surface area contributed by atoms with Gasteiger partial charge in [0.25, 0.3) is 16.7 Å². The van der Waals surface area contributed by atoms with Crippen molar-refractivity contribution in [2.75, 3.05) is 89.8 Å². The summed E-state index contributed by atoms with van der Waals surface area (Å²) in [5.74, 6) is -0.602. The Hall–Kier alpha value is -4.92. The van der Waals surface area contributed by atoms with Gasteiger partial charge in [-0.15, -0.1) is 0 Å². The Balaban J connectivity index is 0.816. The second-order valence-corrected chi connectivity index (χ2v) is 37.6. The van der Waals surface area contributed by atoms with Crippen LogP contribution in [0.1, 0.15) is 82.7 Å². The van der Waals surface area contributed by atoms with Gasteiger partial charge in [-0.25, -0.2) is 28.7 Å². The molecule has 11 heterocycles. The van der Waals surface area contributed by atoms with Crippen molar-refractivity contribution in [3.05, 3.63) is 126 Å². The number of nitrogens with two attached hydrogens (primary N) is 4. The quantitative estimate of drug-likeness (QED) is 0.0145. The average molecular weight is 1740 g/mol. The van der Waals surface area contributed by atoms with Crippen molar-refractivity contribution in [3.63, 3.8) is 0 Å². The largest absolute Gasteiger partial charge is 0.394 e. The lowest BCUT2D eigenvalue weighted by Crippen LogP contribution is -2.33. The third kappa shape index (κ3) is 21.1. The van der Waals surface area contributed by atoms with Crippen LogP contribution in [0.3, 0.4) is 0 Å². The van der Waals surface area contributed by atoms with Gasteiger partial charge in [0.2, 0.25) is 5.95 Å². The maximum absolute atomic E-state index is 14.7. The molecule has 108 heavy (non-hydrogen) atoms. The number of H-pyrrole nitrogens is 3. The van der Waals surface area contributed by atoms with Crippen LogP contribution in [0.5, 0.6) is 0 Å². The highest BCUT2D eigenvalue weighted by atomic mass is 79.9. The van der Waals surface area contributed by atoms with Gasteiger partial charge in [0.1, 0.15) is 73.3 Å².